The topological polar surface area (TPSA) is 66.9 Å². The number of nitrogens with zero attached hydrogens (tertiary/aromatic N) is 2. The van der Waals surface area contributed by atoms with Crippen molar-refractivity contribution < 1.29 is 4.79 Å². The van der Waals surface area contributed by atoms with Gasteiger partial charge in [-0.05, 0) is 60.6 Å². The number of carbonyl (C=O) groups is 1. The summed E-state index contributed by atoms with van der Waals surface area (Å²) in [7, 11) is 0. The van der Waals surface area contributed by atoms with E-state index in [1.807, 2.05) is 24.3 Å². The van der Waals surface area contributed by atoms with E-state index in [1.165, 1.54) is 42.8 Å². The average Bonchev–Trinajstić information content (AvgIpc) is 3.14. The van der Waals surface area contributed by atoms with Crippen molar-refractivity contribution in [2.75, 3.05) is 18.4 Å². The van der Waals surface area contributed by atoms with Crippen LogP contribution in [-0.4, -0.2) is 28.4 Å². The summed E-state index contributed by atoms with van der Waals surface area (Å²) in [4.78, 5) is 17.5. The highest BCUT2D eigenvalue weighted by Crippen LogP contribution is 2.23. The zero-order chi connectivity index (χ0) is 19.6. The quantitative estimate of drug-likeness (QED) is 0.445. The Morgan fingerprint density at radius 2 is 1.89 bits per heavy atom. The van der Waals surface area contributed by atoms with Crippen molar-refractivity contribution in [2.45, 2.75) is 45.4 Å². The maximum Gasteiger partial charge on any atom is 0.251 e. The molecule has 0 radical (unpaired) electrons. The number of aromatic nitrogens is 2. The second kappa shape index (κ2) is 10.8. The summed E-state index contributed by atoms with van der Waals surface area (Å²) in [6.45, 7) is 3.61. The van der Waals surface area contributed by atoms with E-state index in [1.54, 1.807) is 6.20 Å². The Balaban J connectivity index is 1.36. The summed E-state index contributed by atoms with van der Waals surface area (Å²) < 4.78 is 4.40. The van der Waals surface area contributed by atoms with Gasteiger partial charge in [0, 0.05) is 24.8 Å². The van der Waals surface area contributed by atoms with Crippen molar-refractivity contribution >= 4 is 33.5 Å². The van der Waals surface area contributed by atoms with Gasteiger partial charge in [-0.1, -0.05) is 38.3 Å². The smallest absolute Gasteiger partial charge is 0.251 e. The normalized spacial score (nSPS) is 10.9. The van der Waals surface area contributed by atoms with Gasteiger partial charge in [0.15, 0.2) is 0 Å². The molecule has 5 nitrogen and oxygen atoms in total. The molecule has 1 aromatic carbocycles. The van der Waals surface area contributed by atoms with E-state index < -0.39 is 0 Å². The summed E-state index contributed by atoms with van der Waals surface area (Å²) in [5, 5.41) is 7.36. The van der Waals surface area contributed by atoms with Crippen molar-refractivity contribution in [1.29, 1.82) is 0 Å². The zero-order valence-corrected chi connectivity index (χ0v) is 17.2. The lowest BCUT2D eigenvalue weighted by Gasteiger charge is -2.07. The Morgan fingerprint density at radius 1 is 1.04 bits per heavy atom. The molecule has 2 N–H and O–H groups in total. The SMILES string of the molecule is CCCCCCc1ccc(C(=O)NCCCNc2nsc3ncccc23)cc1. The third-order valence-corrected chi connectivity index (χ3v) is 5.49. The number of unbranched alkanes of at least 4 members (excludes halogenated alkanes) is 3. The van der Waals surface area contributed by atoms with Crippen LogP contribution in [0.1, 0.15) is 54.9 Å². The fraction of sp³-hybridized carbons (Fsp3) is 0.409. The summed E-state index contributed by atoms with van der Waals surface area (Å²) >= 11 is 1.39. The molecular weight excluding hydrogens is 368 g/mol. The van der Waals surface area contributed by atoms with E-state index in [-0.39, 0.29) is 5.91 Å². The minimum atomic E-state index is -0.0131. The Hall–Kier alpha value is -2.47. The summed E-state index contributed by atoms with van der Waals surface area (Å²) in [6, 6.07) is 11.9. The van der Waals surface area contributed by atoms with E-state index >= 15 is 0 Å². The molecular formula is C22H28N4OS. The molecule has 0 aliphatic carbocycles. The van der Waals surface area contributed by atoms with Gasteiger partial charge in [0.1, 0.15) is 10.6 Å². The third-order valence-electron chi connectivity index (χ3n) is 4.72. The van der Waals surface area contributed by atoms with E-state index in [0.29, 0.717) is 6.54 Å². The fourth-order valence-corrected chi connectivity index (χ4v) is 3.80. The molecule has 2 aromatic heterocycles. The molecule has 3 rings (SSSR count). The van der Waals surface area contributed by atoms with Crippen LogP contribution in [0.3, 0.4) is 0 Å². The minimum Gasteiger partial charge on any atom is -0.369 e. The van der Waals surface area contributed by atoms with Gasteiger partial charge in [0.25, 0.3) is 5.91 Å². The van der Waals surface area contributed by atoms with E-state index in [9.17, 15) is 4.79 Å². The van der Waals surface area contributed by atoms with Crippen molar-refractivity contribution in [3.05, 3.63) is 53.7 Å². The maximum absolute atomic E-state index is 12.3. The molecule has 0 fully saturated rings. The molecule has 28 heavy (non-hydrogen) atoms. The Morgan fingerprint density at radius 3 is 2.71 bits per heavy atom. The standard InChI is InChI=1S/C22H28N4OS/c1-2-3-4-5-8-17-10-12-18(13-11-17)21(27)24-16-7-15-23-20-19-9-6-14-25-22(19)28-26-20/h6,9-14H,2-5,7-8,15-16H2,1H3,(H,23,26)(H,24,27). The summed E-state index contributed by atoms with van der Waals surface area (Å²) in [5.74, 6) is 0.856. The second-order valence-corrected chi connectivity index (χ2v) is 7.68. The number of anilines is 1. The predicted octanol–water partition coefficient (Wildman–Crippen LogP) is 5.05. The number of aryl methyl sites for hydroxylation is 1. The first-order valence-electron chi connectivity index (χ1n) is 10.1. The van der Waals surface area contributed by atoms with E-state index in [4.69, 9.17) is 0 Å². The van der Waals surface area contributed by atoms with E-state index in [2.05, 4.69) is 39.0 Å². The fourth-order valence-electron chi connectivity index (χ4n) is 3.09. The first kappa shape index (κ1) is 20.3. The number of carbonyl (C=O) groups excluding carboxylic acids is 1. The first-order valence-corrected chi connectivity index (χ1v) is 10.9. The molecule has 0 unspecified atom stereocenters. The number of hydrogen-bond donors (Lipinski definition) is 2. The van der Waals surface area contributed by atoms with Crippen LogP contribution in [0.2, 0.25) is 0 Å². The summed E-state index contributed by atoms with van der Waals surface area (Å²) in [5.41, 5.74) is 2.03. The molecule has 2 heterocycles. The van der Waals surface area contributed by atoms with Crippen LogP contribution < -0.4 is 10.6 Å². The second-order valence-electron chi connectivity index (χ2n) is 6.93. The molecule has 0 spiro atoms. The number of pyridine rings is 1. The molecule has 0 bridgehead atoms. The Labute approximate surface area is 170 Å². The van der Waals surface area contributed by atoms with Gasteiger partial charge in [-0.3, -0.25) is 4.79 Å². The highest BCUT2D eigenvalue weighted by atomic mass is 32.1. The lowest BCUT2D eigenvalue weighted by Crippen LogP contribution is -2.25. The van der Waals surface area contributed by atoms with Crippen molar-refractivity contribution in [1.82, 2.24) is 14.7 Å². The van der Waals surface area contributed by atoms with Crippen molar-refractivity contribution in [3.8, 4) is 0 Å². The predicted molar refractivity (Wildman–Crippen MR) is 117 cm³/mol. The molecule has 6 heteroatoms. The van der Waals surface area contributed by atoms with Crippen molar-refractivity contribution in [3.63, 3.8) is 0 Å². The van der Waals surface area contributed by atoms with Crippen LogP contribution in [0.4, 0.5) is 5.82 Å². The lowest BCUT2D eigenvalue weighted by molar-refractivity contribution is 0.0953. The van der Waals surface area contributed by atoms with Crippen LogP contribution in [0, 0.1) is 0 Å². The lowest BCUT2D eigenvalue weighted by atomic mass is 10.0. The number of hydrogen-bond acceptors (Lipinski definition) is 5. The van der Waals surface area contributed by atoms with Crippen LogP contribution in [0.15, 0.2) is 42.6 Å². The van der Waals surface area contributed by atoms with Crippen LogP contribution in [0.5, 0.6) is 0 Å². The van der Waals surface area contributed by atoms with Gasteiger partial charge < -0.3 is 10.6 Å². The van der Waals surface area contributed by atoms with Gasteiger partial charge in [0.05, 0.1) is 5.39 Å². The van der Waals surface area contributed by atoms with Crippen molar-refractivity contribution in [2.24, 2.45) is 0 Å². The van der Waals surface area contributed by atoms with Gasteiger partial charge in [-0.2, -0.15) is 4.37 Å². The molecule has 3 aromatic rings. The number of nitrogens with one attached hydrogen (secondary N) is 2. The monoisotopic (exact) mass is 396 g/mol. The number of rotatable bonds is 11. The van der Waals surface area contributed by atoms with Crippen LogP contribution in [-0.2, 0) is 6.42 Å². The first-order chi connectivity index (χ1) is 13.8. The molecule has 0 saturated carbocycles. The largest absolute Gasteiger partial charge is 0.369 e. The maximum atomic E-state index is 12.3. The average molecular weight is 397 g/mol. The number of amides is 1. The highest BCUT2D eigenvalue weighted by molar-refractivity contribution is 7.13. The molecule has 0 aliphatic heterocycles. The minimum absolute atomic E-state index is 0.0131. The van der Waals surface area contributed by atoms with Crippen LogP contribution >= 0.6 is 11.5 Å². The van der Waals surface area contributed by atoms with E-state index in [0.717, 1.165) is 41.0 Å². The molecule has 0 aliphatic rings. The third kappa shape index (κ3) is 5.76. The van der Waals surface area contributed by atoms with Crippen LogP contribution in [0.25, 0.3) is 10.2 Å². The molecule has 1 amide bonds. The Kier molecular flexibility index (Phi) is 7.79. The summed E-state index contributed by atoms with van der Waals surface area (Å²) in [6.07, 6.45) is 8.75. The number of fused-ring (bicyclic) bond motifs is 1. The van der Waals surface area contributed by atoms with Gasteiger partial charge in [-0.15, -0.1) is 0 Å². The zero-order valence-electron chi connectivity index (χ0n) is 16.4. The van der Waals surface area contributed by atoms with Gasteiger partial charge in [0.2, 0.25) is 0 Å². The van der Waals surface area contributed by atoms with Gasteiger partial charge in [-0.25, -0.2) is 4.98 Å². The molecule has 0 atom stereocenters. The molecule has 0 saturated heterocycles. The number of benzene rings is 1. The molecule has 148 valence electrons. The Bertz CT molecular complexity index is 876. The van der Waals surface area contributed by atoms with Gasteiger partial charge >= 0.3 is 0 Å². The highest BCUT2D eigenvalue weighted by Gasteiger charge is 2.07.